The van der Waals surface area contributed by atoms with Crippen molar-refractivity contribution < 1.29 is 29.7 Å². The molecule has 1 atom stereocenters. The Balaban J connectivity index is 4.93. The highest BCUT2D eigenvalue weighted by molar-refractivity contribution is 5.97. The molecule has 0 aromatic heterocycles. The summed E-state index contributed by atoms with van der Waals surface area (Å²) in [6, 6.07) is 0. The molecule has 0 fully saturated rings. The Labute approximate surface area is 73.1 Å². The van der Waals surface area contributed by atoms with Crippen LogP contribution >= 0.6 is 0 Å². The Morgan fingerprint density at radius 3 is 1.85 bits per heavy atom. The molecule has 0 heterocycles. The highest BCUT2D eigenvalue weighted by atomic mass is 16.4. The summed E-state index contributed by atoms with van der Waals surface area (Å²) in [5.41, 5.74) is -0.889. The molecule has 0 unspecified atom stereocenters. The largest absolute Gasteiger partial charge is 0.550 e. The van der Waals surface area contributed by atoms with Crippen LogP contribution in [0.4, 0.5) is 0 Å². The van der Waals surface area contributed by atoms with E-state index in [9.17, 15) is 29.7 Å². The summed E-state index contributed by atoms with van der Waals surface area (Å²) >= 11 is 0. The number of rotatable bonds is 4. The maximum Gasteiger partial charge on any atom is 0.0682 e. The number of carbonyl (C=O) groups is 3. The van der Waals surface area contributed by atoms with E-state index in [2.05, 4.69) is 0 Å². The van der Waals surface area contributed by atoms with E-state index in [1.165, 1.54) is 0 Å². The molecule has 0 aliphatic carbocycles. The van der Waals surface area contributed by atoms with Crippen LogP contribution in [0.25, 0.3) is 0 Å². The highest BCUT2D eigenvalue weighted by Gasteiger charge is 2.10. The first-order chi connectivity index (χ1) is 5.86. The summed E-state index contributed by atoms with van der Waals surface area (Å²) in [7, 11) is 0. The molecule has 0 saturated carbocycles. The van der Waals surface area contributed by atoms with Crippen LogP contribution in [0.15, 0.2) is 11.6 Å². The van der Waals surface area contributed by atoms with Crippen molar-refractivity contribution in [1.82, 2.24) is 0 Å². The van der Waals surface area contributed by atoms with Gasteiger partial charge in [-0.05, 0) is 11.6 Å². The second kappa shape index (κ2) is 4.24. The smallest absolute Gasteiger partial charge is 0.0682 e. The molecule has 72 valence electrons. The summed E-state index contributed by atoms with van der Waals surface area (Å²) in [4.78, 5) is 30.3. The van der Waals surface area contributed by atoms with Gasteiger partial charge in [0.1, 0.15) is 0 Å². The first kappa shape index (κ1) is 11.2. The Kier molecular flexibility index (Phi) is 3.64. The monoisotopic (exact) mass is 185 g/mol. The lowest BCUT2D eigenvalue weighted by Crippen LogP contribution is -2.38. The molecule has 13 heavy (non-hydrogen) atoms. The topological polar surface area (TPSA) is 120 Å². The van der Waals surface area contributed by atoms with Crippen molar-refractivity contribution in [1.29, 1.82) is 0 Å². The molecule has 0 N–H and O–H groups in total. The Morgan fingerprint density at radius 2 is 1.62 bits per heavy atom. The van der Waals surface area contributed by atoms with Gasteiger partial charge in [-0.1, -0.05) is 6.92 Å². The standard InChI is InChI=1S/C7H8O6/c1-3(6(10)11)4(7(12)13)2-5(8)9/h2-3H,1H3,(H,8,9)(H,10,11)(H,12,13)/p-3/b4-2-/t3-/m0/s1. The van der Waals surface area contributed by atoms with Crippen LogP contribution in [-0.4, -0.2) is 17.9 Å². The Bertz CT molecular complexity index is 277. The van der Waals surface area contributed by atoms with Crippen LogP contribution in [-0.2, 0) is 14.4 Å². The third-order valence-corrected chi connectivity index (χ3v) is 1.33. The molecule has 0 aromatic carbocycles. The third-order valence-electron chi connectivity index (χ3n) is 1.33. The summed E-state index contributed by atoms with van der Waals surface area (Å²) in [5.74, 6) is -6.92. The lowest BCUT2D eigenvalue weighted by Gasteiger charge is -2.17. The number of carbonyl (C=O) groups excluding carboxylic acids is 3. The van der Waals surface area contributed by atoms with Crippen molar-refractivity contribution >= 4 is 17.9 Å². The van der Waals surface area contributed by atoms with Gasteiger partial charge in [-0.25, -0.2) is 0 Å². The average molecular weight is 185 g/mol. The van der Waals surface area contributed by atoms with Crippen LogP contribution in [0.3, 0.4) is 0 Å². The van der Waals surface area contributed by atoms with E-state index in [1.807, 2.05) is 0 Å². The molecule has 6 nitrogen and oxygen atoms in total. The molecule has 0 spiro atoms. The van der Waals surface area contributed by atoms with Crippen LogP contribution in [0, 0.1) is 5.92 Å². The van der Waals surface area contributed by atoms with Crippen LogP contribution in [0.5, 0.6) is 0 Å². The maximum absolute atomic E-state index is 10.2. The van der Waals surface area contributed by atoms with Crippen molar-refractivity contribution in [3.63, 3.8) is 0 Å². The van der Waals surface area contributed by atoms with Gasteiger partial charge < -0.3 is 29.7 Å². The molecule has 0 saturated heterocycles. The molecular weight excluding hydrogens is 180 g/mol. The van der Waals surface area contributed by atoms with Gasteiger partial charge >= 0.3 is 0 Å². The number of carboxylic acid groups (broad SMARTS) is 3. The fourth-order valence-corrected chi connectivity index (χ4v) is 0.615. The first-order valence-corrected chi connectivity index (χ1v) is 3.21. The fraction of sp³-hybridized carbons (Fsp3) is 0.286. The SMILES string of the molecule is C[C@H](C(=O)[O-])/C(=C/C(=O)[O-])C(=O)[O-]. The van der Waals surface area contributed by atoms with Crippen molar-refractivity contribution in [2.75, 3.05) is 0 Å². The van der Waals surface area contributed by atoms with E-state index in [4.69, 9.17) is 0 Å². The van der Waals surface area contributed by atoms with Gasteiger partial charge in [0.2, 0.25) is 0 Å². The minimum Gasteiger partial charge on any atom is -0.550 e. The van der Waals surface area contributed by atoms with Gasteiger partial charge in [0.25, 0.3) is 0 Å². The zero-order valence-corrected chi connectivity index (χ0v) is 6.60. The van der Waals surface area contributed by atoms with E-state index in [-0.39, 0.29) is 6.08 Å². The van der Waals surface area contributed by atoms with E-state index in [0.717, 1.165) is 6.92 Å². The molecule has 6 heteroatoms. The quantitative estimate of drug-likeness (QED) is 0.409. The van der Waals surface area contributed by atoms with E-state index < -0.39 is 29.4 Å². The maximum atomic E-state index is 10.2. The van der Waals surface area contributed by atoms with Gasteiger partial charge in [0.05, 0.1) is 11.9 Å². The van der Waals surface area contributed by atoms with Crippen molar-refractivity contribution in [3.8, 4) is 0 Å². The first-order valence-electron chi connectivity index (χ1n) is 3.21. The minimum atomic E-state index is -1.87. The lowest BCUT2D eigenvalue weighted by atomic mass is 10.0. The van der Waals surface area contributed by atoms with Gasteiger partial charge in [0, 0.05) is 11.9 Å². The second-order valence-corrected chi connectivity index (χ2v) is 2.25. The summed E-state index contributed by atoms with van der Waals surface area (Å²) in [6.07, 6.45) is 0.162. The van der Waals surface area contributed by atoms with Gasteiger partial charge in [-0.3, -0.25) is 0 Å². The van der Waals surface area contributed by atoms with Gasteiger partial charge in [-0.2, -0.15) is 0 Å². The second-order valence-electron chi connectivity index (χ2n) is 2.25. The number of hydrogen-bond donors (Lipinski definition) is 0. The number of hydrogen-bond acceptors (Lipinski definition) is 6. The predicted octanol–water partition coefficient (Wildman–Crippen LogP) is -4.20. The predicted molar refractivity (Wildman–Crippen MR) is 32.3 cm³/mol. The van der Waals surface area contributed by atoms with Crippen molar-refractivity contribution in [3.05, 3.63) is 11.6 Å². The number of aliphatic carboxylic acids is 3. The molecule has 0 amide bonds. The normalized spacial score (nSPS) is 13.5. The highest BCUT2D eigenvalue weighted by Crippen LogP contribution is 2.07. The Morgan fingerprint density at radius 1 is 1.15 bits per heavy atom. The van der Waals surface area contributed by atoms with Crippen molar-refractivity contribution in [2.45, 2.75) is 6.92 Å². The van der Waals surface area contributed by atoms with Gasteiger partial charge in [-0.15, -0.1) is 0 Å². The zero-order chi connectivity index (χ0) is 10.6. The third kappa shape index (κ3) is 3.37. The minimum absolute atomic E-state index is 0.162. The molecule has 0 aliphatic rings. The number of carboxylic acids is 3. The van der Waals surface area contributed by atoms with E-state index >= 15 is 0 Å². The van der Waals surface area contributed by atoms with Crippen LogP contribution in [0.1, 0.15) is 6.92 Å². The van der Waals surface area contributed by atoms with E-state index in [1.54, 1.807) is 0 Å². The lowest BCUT2D eigenvalue weighted by molar-refractivity contribution is -0.314. The summed E-state index contributed by atoms with van der Waals surface area (Å²) in [5, 5.41) is 30.3. The summed E-state index contributed by atoms with van der Waals surface area (Å²) in [6.45, 7) is 0.972. The van der Waals surface area contributed by atoms with E-state index in [0.29, 0.717) is 0 Å². The molecule has 0 bridgehead atoms. The molecule has 0 aromatic rings. The van der Waals surface area contributed by atoms with Crippen LogP contribution in [0.2, 0.25) is 0 Å². The average Bonchev–Trinajstić information content (AvgIpc) is 1.97. The molecule has 0 aliphatic heterocycles. The Hall–Kier alpha value is -1.85. The van der Waals surface area contributed by atoms with Crippen molar-refractivity contribution in [2.24, 2.45) is 5.92 Å². The van der Waals surface area contributed by atoms with Gasteiger partial charge in [0.15, 0.2) is 0 Å². The zero-order valence-electron chi connectivity index (χ0n) is 6.60. The molecular formula is C7H5O6-3. The molecule has 0 radical (unpaired) electrons. The summed E-state index contributed by atoms with van der Waals surface area (Å²) < 4.78 is 0. The fourth-order valence-electron chi connectivity index (χ4n) is 0.615. The molecule has 0 rings (SSSR count). The van der Waals surface area contributed by atoms with Crippen LogP contribution < -0.4 is 15.3 Å².